The van der Waals surface area contributed by atoms with Gasteiger partial charge in [0, 0.05) is 0 Å². The number of hydrogen-bond acceptors (Lipinski definition) is 2. The molecule has 74 valence electrons. The first kappa shape index (κ1) is 12.2. The molecule has 0 bridgehead atoms. The minimum atomic E-state index is 0. The van der Waals surface area contributed by atoms with Gasteiger partial charge in [-0.25, -0.2) is 0 Å². The lowest BCUT2D eigenvalue weighted by atomic mass is 9.94. The molecule has 0 aromatic carbocycles. The Bertz CT molecular complexity index is 101. The van der Waals surface area contributed by atoms with E-state index >= 15 is 0 Å². The van der Waals surface area contributed by atoms with Crippen molar-refractivity contribution < 1.29 is 0 Å². The lowest BCUT2D eigenvalue weighted by Crippen LogP contribution is -2.33. The van der Waals surface area contributed by atoms with Crippen molar-refractivity contribution >= 4 is 12.4 Å². The van der Waals surface area contributed by atoms with E-state index in [1.54, 1.807) is 0 Å². The molecule has 0 aliphatic carbocycles. The summed E-state index contributed by atoms with van der Waals surface area (Å²) in [4.78, 5) is 2.52. The summed E-state index contributed by atoms with van der Waals surface area (Å²) in [6.45, 7) is 6.91. The lowest BCUT2D eigenvalue weighted by molar-refractivity contribution is 0.188. The van der Waals surface area contributed by atoms with Crippen LogP contribution in [0.3, 0.4) is 0 Å². The Hall–Kier alpha value is 0.210. The fourth-order valence-electron chi connectivity index (χ4n) is 1.83. The first-order valence-corrected chi connectivity index (χ1v) is 4.79. The molecule has 0 unspecified atom stereocenters. The van der Waals surface area contributed by atoms with E-state index in [0.29, 0.717) is 0 Å². The normalized spacial score (nSPS) is 20.5. The van der Waals surface area contributed by atoms with Crippen molar-refractivity contribution in [2.45, 2.75) is 26.2 Å². The Labute approximate surface area is 81.9 Å². The van der Waals surface area contributed by atoms with Crippen LogP contribution in [0.15, 0.2) is 0 Å². The molecule has 1 fully saturated rings. The molecule has 1 aliphatic heterocycles. The van der Waals surface area contributed by atoms with Crippen molar-refractivity contribution in [1.29, 1.82) is 0 Å². The minimum Gasteiger partial charge on any atom is -0.330 e. The van der Waals surface area contributed by atoms with E-state index in [1.165, 1.54) is 38.9 Å². The van der Waals surface area contributed by atoms with E-state index in [1.807, 2.05) is 0 Å². The van der Waals surface area contributed by atoms with Gasteiger partial charge in [-0.2, -0.15) is 0 Å². The molecule has 2 nitrogen and oxygen atoms in total. The summed E-state index contributed by atoms with van der Waals surface area (Å²) in [5.74, 6) is 0.919. The van der Waals surface area contributed by atoms with Crippen molar-refractivity contribution in [2.75, 3.05) is 26.2 Å². The SMILES string of the molecule is CCN1CCC(CCN)CC1.Cl. The Balaban J connectivity index is 0.00000121. The molecular weight excluding hydrogens is 172 g/mol. The number of likely N-dealkylation sites (tertiary alicyclic amines) is 1. The van der Waals surface area contributed by atoms with Gasteiger partial charge in [-0.05, 0) is 51.4 Å². The van der Waals surface area contributed by atoms with Gasteiger partial charge in [-0.3, -0.25) is 0 Å². The summed E-state index contributed by atoms with van der Waals surface area (Å²) in [7, 11) is 0. The highest BCUT2D eigenvalue weighted by atomic mass is 35.5. The molecule has 0 aromatic rings. The van der Waals surface area contributed by atoms with Gasteiger partial charge in [-0.1, -0.05) is 6.92 Å². The molecule has 0 saturated carbocycles. The number of halogens is 1. The smallest absolute Gasteiger partial charge is 0.00162 e. The van der Waals surface area contributed by atoms with Crippen LogP contribution in [0, 0.1) is 5.92 Å². The molecule has 12 heavy (non-hydrogen) atoms. The first-order chi connectivity index (χ1) is 5.36. The van der Waals surface area contributed by atoms with Crippen molar-refractivity contribution in [3.63, 3.8) is 0 Å². The van der Waals surface area contributed by atoms with Crippen LogP contribution in [0.5, 0.6) is 0 Å². The van der Waals surface area contributed by atoms with E-state index in [-0.39, 0.29) is 12.4 Å². The molecule has 1 heterocycles. The van der Waals surface area contributed by atoms with Crippen LogP contribution in [-0.4, -0.2) is 31.1 Å². The van der Waals surface area contributed by atoms with Crippen molar-refractivity contribution in [3.05, 3.63) is 0 Å². The number of nitrogens with zero attached hydrogens (tertiary/aromatic N) is 1. The van der Waals surface area contributed by atoms with Gasteiger partial charge in [0.25, 0.3) is 0 Å². The third kappa shape index (κ3) is 3.74. The molecule has 3 heteroatoms. The van der Waals surface area contributed by atoms with Crippen LogP contribution in [-0.2, 0) is 0 Å². The highest BCUT2D eigenvalue weighted by molar-refractivity contribution is 5.85. The fourth-order valence-corrected chi connectivity index (χ4v) is 1.83. The van der Waals surface area contributed by atoms with Crippen LogP contribution in [0.1, 0.15) is 26.2 Å². The zero-order valence-corrected chi connectivity index (χ0v) is 8.78. The average Bonchev–Trinajstić information content (AvgIpc) is 2.07. The fraction of sp³-hybridized carbons (Fsp3) is 1.00. The summed E-state index contributed by atoms with van der Waals surface area (Å²) >= 11 is 0. The Morgan fingerprint density at radius 1 is 1.33 bits per heavy atom. The average molecular weight is 193 g/mol. The molecule has 0 spiro atoms. The number of piperidine rings is 1. The molecular formula is C9H21ClN2. The van der Waals surface area contributed by atoms with Gasteiger partial charge >= 0.3 is 0 Å². The highest BCUT2D eigenvalue weighted by Crippen LogP contribution is 2.18. The Morgan fingerprint density at radius 2 is 1.92 bits per heavy atom. The molecule has 0 aromatic heterocycles. The largest absolute Gasteiger partial charge is 0.330 e. The van der Waals surface area contributed by atoms with Gasteiger partial charge < -0.3 is 10.6 Å². The lowest BCUT2D eigenvalue weighted by Gasteiger charge is -2.30. The second-order valence-corrected chi connectivity index (χ2v) is 3.45. The van der Waals surface area contributed by atoms with Gasteiger partial charge in [-0.15, -0.1) is 12.4 Å². The van der Waals surface area contributed by atoms with E-state index < -0.39 is 0 Å². The topological polar surface area (TPSA) is 29.3 Å². The molecule has 2 N–H and O–H groups in total. The maximum atomic E-state index is 5.51. The summed E-state index contributed by atoms with van der Waals surface area (Å²) in [6, 6.07) is 0. The summed E-state index contributed by atoms with van der Waals surface area (Å²) < 4.78 is 0. The monoisotopic (exact) mass is 192 g/mol. The van der Waals surface area contributed by atoms with E-state index in [4.69, 9.17) is 5.73 Å². The maximum Gasteiger partial charge on any atom is -0.00162 e. The molecule has 0 atom stereocenters. The minimum absolute atomic E-state index is 0. The van der Waals surface area contributed by atoms with E-state index in [0.717, 1.165) is 12.5 Å². The predicted octanol–water partition coefficient (Wildman–Crippen LogP) is 1.49. The van der Waals surface area contributed by atoms with Crippen molar-refractivity contribution in [2.24, 2.45) is 11.7 Å². The maximum absolute atomic E-state index is 5.51. The number of hydrogen-bond donors (Lipinski definition) is 1. The number of rotatable bonds is 3. The van der Waals surface area contributed by atoms with Crippen molar-refractivity contribution in [1.82, 2.24) is 4.90 Å². The summed E-state index contributed by atoms with van der Waals surface area (Å²) in [6.07, 6.45) is 3.97. The van der Waals surface area contributed by atoms with Gasteiger partial charge in [0.05, 0.1) is 0 Å². The van der Waals surface area contributed by atoms with E-state index in [2.05, 4.69) is 11.8 Å². The standard InChI is InChI=1S/C9H20N2.ClH/c1-2-11-7-4-9(3-6-10)5-8-11;/h9H,2-8,10H2,1H3;1H. The molecule has 1 saturated heterocycles. The Morgan fingerprint density at radius 3 is 2.33 bits per heavy atom. The zero-order valence-electron chi connectivity index (χ0n) is 7.96. The molecule has 0 amide bonds. The van der Waals surface area contributed by atoms with E-state index in [9.17, 15) is 0 Å². The molecule has 0 radical (unpaired) electrons. The van der Waals surface area contributed by atoms with Crippen LogP contribution >= 0.6 is 12.4 Å². The van der Waals surface area contributed by atoms with Gasteiger partial charge in [0.15, 0.2) is 0 Å². The summed E-state index contributed by atoms with van der Waals surface area (Å²) in [5.41, 5.74) is 5.51. The van der Waals surface area contributed by atoms with Crippen LogP contribution in [0.25, 0.3) is 0 Å². The molecule has 1 rings (SSSR count). The van der Waals surface area contributed by atoms with Gasteiger partial charge in [0.1, 0.15) is 0 Å². The highest BCUT2D eigenvalue weighted by Gasteiger charge is 2.16. The first-order valence-electron chi connectivity index (χ1n) is 4.79. The van der Waals surface area contributed by atoms with Crippen LogP contribution < -0.4 is 5.73 Å². The predicted molar refractivity (Wildman–Crippen MR) is 55.8 cm³/mol. The summed E-state index contributed by atoms with van der Waals surface area (Å²) in [5, 5.41) is 0. The Kier molecular flexibility index (Phi) is 6.81. The van der Waals surface area contributed by atoms with Gasteiger partial charge in [0.2, 0.25) is 0 Å². The third-order valence-electron chi connectivity index (χ3n) is 2.73. The number of nitrogens with two attached hydrogens (primary N) is 1. The van der Waals surface area contributed by atoms with Crippen molar-refractivity contribution in [3.8, 4) is 0 Å². The third-order valence-corrected chi connectivity index (χ3v) is 2.73. The zero-order chi connectivity index (χ0) is 8.10. The molecule has 1 aliphatic rings. The van der Waals surface area contributed by atoms with Crippen LogP contribution in [0.4, 0.5) is 0 Å². The quantitative estimate of drug-likeness (QED) is 0.735. The van der Waals surface area contributed by atoms with Crippen LogP contribution in [0.2, 0.25) is 0 Å². The second-order valence-electron chi connectivity index (χ2n) is 3.45. The second kappa shape index (κ2) is 6.70.